The van der Waals surface area contributed by atoms with Crippen LogP contribution < -0.4 is 10.1 Å². The highest BCUT2D eigenvalue weighted by Crippen LogP contribution is 2.42. The zero-order valence-electron chi connectivity index (χ0n) is 24.2. The summed E-state index contributed by atoms with van der Waals surface area (Å²) in [4.78, 5) is 15.1. The lowest BCUT2D eigenvalue weighted by Gasteiger charge is -2.15. The number of aryl methyl sites for hydroxylation is 1. The molecule has 3 aromatic carbocycles. The van der Waals surface area contributed by atoms with E-state index in [0.29, 0.717) is 24.1 Å². The first kappa shape index (κ1) is 30.9. The molecule has 3 rings (SSSR count). The Morgan fingerprint density at radius 2 is 1.44 bits per heavy atom. The van der Waals surface area contributed by atoms with Gasteiger partial charge in [0.15, 0.2) is 0 Å². The molecule has 0 fully saturated rings. The molecule has 0 heterocycles. The molecular formula is C34H47NO3S. The Morgan fingerprint density at radius 3 is 2.13 bits per heavy atom. The topological polar surface area (TPSA) is 58.6 Å². The van der Waals surface area contributed by atoms with Crippen LogP contribution in [0, 0.1) is 6.92 Å². The number of phenolic OH excluding ortho intramolecular Hbond substituents is 1. The van der Waals surface area contributed by atoms with Crippen LogP contribution in [0.15, 0.2) is 58.3 Å². The first-order valence-electron chi connectivity index (χ1n) is 15.0. The Kier molecular flexibility index (Phi) is 13.6. The lowest BCUT2D eigenvalue weighted by molar-refractivity contribution is 0.0950. The normalized spacial score (nSPS) is 11.2. The number of aromatic hydroxyl groups is 1. The molecular weight excluding hydrogens is 502 g/mol. The molecule has 3 aromatic rings. The van der Waals surface area contributed by atoms with E-state index in [0.717, 1.165) is 52.2 Å². The highest BCUT2D eigenvalue weighted by molar-refractivity contribution is 7.99. The van der Waals surface area contributed by atoms with Crippen LogP contribution in [-0.4, -0.2) is 24.2 Å². The summed E-state index contributed by atoms with van der Waals surface area (Å²) in [6.45, 7) is 7.78. The minimum absolute atomic E-state index is 0.0409. The predicted octanol–water partition coefficient (Wildman–Crippen LogP) is 9.83. The molecule has 0 aliphatic rings. The second-order valence-corrected chi connectivity index (χ2v) is 11.6. The van der Waals surface area contributed by atoms with Crippen LogP contribution in [0.2, 0.25) is 0 Å². The average molecular weight is 550 g/mol. The van der Waals surface area contributed by atoms with E-state index in [1.807, 2.05) is 36.4 Å². The van der Waals surface area contributed by atoms with E-state index in [9.17, 15) is 9.90 Å². The third-order valence-electron chi connectivity index (χ3n) is 7.11. The first-order valence-corrected chi connectivity index (χ1v) is 15.8. The Morgan fingerprint density at radius 1 is 0.795 bits per heavy atom. The highest BCUT2D eigenvalue weighted by Gasteiger charge is 2.18. The van der Waals surface area contributed by atoms with Gasteiger partial charge in [-0.1, -0.05) is 120 Å². The van der Waals surface area contributed by atoms with Crippen LogP contribution in [0.4, 0.5) is 0 Å². The number of rotatable bonds is 18. The summed E-state index contributed by atoms with van der Waals surface area (Å²) in [5.41, 5.74) is 1.47. The van der Waals surface area contributed by atoms with E-state index in [-0.39, 0.29) is 11.7 Å². The number of carbonyl (C=O) groups is 1. The number of unbranched alkanes of at least 4 members (excludes halogenated alkanes) is 10. The van der Waals surface area contributed by atoms with Gasteiger partial charge in [0, 0.05) is 16.8 Å². The molecule has 4 nitrogen and oxygen atoms in total. The van der Waals surface area contributed by atoms with Crippen molar-refractivity contribution >= 4 is 28.4 Å². The quantitative estimate of drug-likeness (QED) is 0.155. The fourth-order valence-electron chi connectivity index (χ4n) is 4.75. The summed E-state index contributed by atoms with van der Waals surface area (Å²) in [6, 6.07) is 15.8. The largest absolute Gasteiger partial charge is 0.506 e. The second kappa shape index (κ2) is 17.1. The third kappa shape index (κ3) is 9.79. The van der Waals surface area contributed by atoms with E-state index in [1.165, 1.54) is 51.4 Å². The number of carbonyl (C=O) groups excluding carboxylic acids is 1. The molecule has 0 atom stereocenters. The van der Waals surface area contributed by atoms with E-state index in [2.05, 4.69) is 38.2 Å². The van der Waals surface area contributed by atoms with Crippen molar-refractivity contribution in [3.8, 4) is 11.5 Å². The SMILES string of the molecule is CCCCCCCCCCCCNC(=O)c1cc(Sc2cc(C)ccc2OCCCC)c2ccccc2c1O. The van der Waals surface area contributed by atoms with Gasteiger partial charge in [-0.05, 0) is 48.9 Å². The first-order chi connectivity index (χ1) is 19.0. The Hall–Kier alpha value is -2.66. The summed E-state index contributed by atoms with van der Waals surface area (Å²) in [5, 5.41) is 15.7. The van der Waals surface area contributed by atoms with Crippen LogP contribution >= 0.6 is 11.8 Å². The number of hydrogen-bond acceptors (Lipinski definition) is 4. The minimum Gasteiger partial charge on any atom is -0.506 e. The number of phenols is 1. The number of hydrogen-bond donors (Lipinski definition) is 2. The number of fused-ring (bicyclic) bond motifs is 1. The maximum atomic E-state index is 13.2. The lowest BCUT2D eigenvalue weighted by Crippen LogP contribution is -2.24. The van der Waals surface area contributed by atoms with Gasteiger partial charge in [0.1, 0.15) is 11.5 Å². The summed E-state index contributed by atoms with van der Waals surface area (Å²) in [6.07, 6.45) is 14.7. The molecule has 2 N–H and O–H groups in total. The molecule has 0 spiro atoms. The van der Waals surface area contributed by atoms with Gasteiger partial charge >= 0.3 is 0 Å². The third-order valence-corrected chi connectivity index (χ3v) is 8.21. The molecule has 212 valence electrons. The molecule has 0 radical (unpaired) electrons. The number of amides is 1. The molecule has 0 bridgehead atoms. The molecule has 0 saturated heterocycles. The molecule has 1 amide bonds. The van der Waals surface area contributed by atoms with Gasteiger partial charge in [-0.15, -0.1) is 0 Å². The van der Waals surface area contributed by atoms with Gasteiger partial charge in [-0.25, -0.2) is 0 Å². The van der Waals surface area contributed by atoms with E-state index in [4.69, 9.17) is 4.74 Å². The van der Waals surface area contributed by atoms with E-state index >= 15 is 0 Å². The summed E-state index contributed by atoms with van der Waals surface area (Å²) < 4.78 is 6.09. The van der Waals surface area contributed by atoms with Gasteiger partial charge in [0.25, 0.3) is 5.91 Å². The van der Waals surface area contributed by atoms with Crippen molar-refractivity contribution in [3.05, 3.63) is 59.7 Å². The summed E-state index contributed by atoms with van der Waals surface area (Å²) in [5.74, 6) is 0.669. The second-order valence-electron chi connectivity index (χ2n) is 10.5. The maximum absolute atomic E-state index is 13.2. The van der Waals surface area contributed by atoms with Crippen LogP contribution in [0.5, 0.6) is 11.5 Å². The molecule has 0 unspecified atom stereocenters. The molecule has 0 aromatic heterocycles. The van der Waals surface area contributed by atoms with E-state index in [1.54, 1.807) is 11.8 Å². The number of ether oxygens (including phenoxy) is 1. The smallest absolute Gasteiger partial charge is 0.255 e. The van der Waals surface area contributed by atoms with Gasteiger partial charge in [-0.3, -0.25) is 4.79 Å². The molecule has 39 heavy (non-hydrogen) atoms. The number of nitrogens with one attached hydrogen (secondary N) is 1. The van der Waals surface area contributed by atoms with E-state index < -0.39 is 0 Å². The van der Waals surface area contributed by atoms with Crippen molar-refractivity contribution < 1.29 is 14.6 Å². The molecule has 0 aliphatic carbocycles. The summed E-state index contributed by atoms with van der Waals surface area (Å²) >= 11 is 1.59. The monoisotopic (exact) mass is 549 g/mol. The van der Waals surface area contributed by atoms with Crippen molar-refractivity contribution in [2.24, 2.45) is 0 Å². The predicted molar refractivity (Wildman–Crippen MR) is 165 cm³/mol. The van der Waals surface area contributed by atoms with Crippen molar-refractivity contribution in [3.63, 3.8) is 0 Å². The molecule has 5 heteroatoms. The molecule has 0 aliphatic heterocycles. The Balaban J connectivity index is 1.64. The summed E-state index contributed by atoms with van der Waals surface area (Å²) in [7, 11) is 0. The van der Waals surface area contributed by atoms with Crippen molar-refractivity contribution in [2.45, 2.75) is 108 Å². The van der Waals surface area contributed by atoms with Crippen LogP contribution in [0.1, 0.15) is 107 Å². The fraction of sp³-hybridized carbons (Fsp3) is 0.500. The van der Waals surface area contributed by atoms with Crippen LogP contribution in [0.3, 0.4) is 0 Å². The maximum Gasteiger partial charge on any atom is 0.255 e. The van der Waals surface area contributed by atoms with Gasteiger partial charge in [0.2, 0.25) is 0 Å². The van der Waals surface area contributed by atoms with Crippen molar-refractivity contribution in [1.29, 1.82) is 0 Å². The van der Waals surface area contributed by atoms with Crippen molar-refractivity contribution in [2.75, 3.05) is 13.2 Å². The van der Waals surface area contributed by atoms with Crippen LogP contribution in [0.25, 0.3) is 10.8 Å². The average Bonchev–Trinajstić information content (AvgIpc) is 2.94. The Bertz CT molecular complexity index is 1180. The fourth-order valence-corrected chi connectivity index (χ4v) is 5.93. The zero-order valence-corrected chi connectivity index (χ0v) is 25.0. The number of benzene rings is 3. The Labute approximate surface area is 239 Å². The van der Waals surface area contributed by atoms with Crippen molar-refractivity contribution in [1.82, 2.24) is 5.32 Å². The minimum atomic E-state index is -0.223. The molecule has 0 saturated carbocycles. The van der Waals surface area contributed by atoms with Crippen LogP contribution in [-0.2, 0) is 0 Å². The van der Waals surface area contributed by atoms with Gasteiger partial charge < -0.3 is 15.2 Å². The highest BCUT2D eigenvalue weighted by atomic mass is 32.2. The lowest BCUT2D eigenvalue weighted by atomic mass is 10.0. The zero-order chi connectivity index (χ0) is 27.9. The standard InChI is InChI=1S/C34H47NO3S/c1-4-6-8-9-10-11-12-13-14-17-22-35-34(37)29-25-31(27-18-15-16-19-28(27)33(29)36)39-32-24-26(3)20-21-30(32)38-23-7-5-2/h15-16,18-21,24-25,36H,4-14,17,22-23H2,1-3H3,(H,35,37). The van der Waals surface area contributed by atoms with Gasteiger partial charge in [0.05, 0.1) is 17.1 Å². The van der Waals surface area contributed by atoms with Gasteiger partial charge in [-0.2, -0.15) is 0 Å².